The summed E-state index contributed by atoms with van der Waals surface area (Å²) in [6.45, 7) is 0. The Hall–Kier alpha value is -1.64. The predicted octanol–water partition coefficient (Wildman–Crippen LogP) is 1.36. The third-order valence-electron chi connectivity index (χ3n) is 2.15. The molecule has 1 heterocycles. The van der Waals surface area contributed by atoms with Crippen molar-refractivity contribution in [2.24, 2.45) is 10.7 Å². The summed E-state index contributed by atoms with van der Waals surface area (Å²) in [6.07, 6.45) is 2.13. The standard InChI is InChI=1S/C10H10N2O/c11-10(13)5-7-6-12-9-4-2-1-3-8(7)9/h1-4,6-7H,5H2,(H2,11,13). The van der Waals surface area contributed by atoms with Gasteiger partial charge in [0.1, 0.15) is 0 Å². The van der Waals surface area contributed by atoms with Crippen LogP contribution in [0.4, 0.5) is 5.69 Å². The largest absolute Gasteiger partial charge is 0.370 e. The zero-order valence-corrected chi connectivity index (χ0v) is 7.10. The van der Waals surface area contributed by atoms with Gasteiger partial charge in [-0.3, -0.25) is 9.79 Å². The molecule has 1 amide bonds. The van der Waals surface area contributed by atoms with E-state index >= 15 is 0 Å². The van der Waals surface area contributed by atoms with Crippen LogP contribution in [-0.4, -0.2) is 12.1 Å². The Morgan fingerprint density at radius 3 is 3.00 bits per heavy atom. The van der Waals surface area contributed by atoms with Gasteiger partial charge in [-0.2, -0.15) is 0 Å². The van der Waals surface area contributed by atoms with E-state index in [1.165, 1.54) is 0 Å². The Labute approximate surface area is 76.3 Å². The third kappa shape index (κ3) is 1.45. The highest BCUT2D eigenvalue weighted by atomic mass is 16.1. The Kier molecular flexibility index (Phi) is 1.85. The molecule has 1 unspecified atom stereocenters. The van der Waals surface area contributed by atoms with Gasteiger partial charge in [-0.25, -0.2) is 0 Å². The van der Waals surface area contributed by atoms with Gasteiger partial charge in [0.25, 0.3) is 0 Å². The van der Waals surface area contributed by atoms with E-state index in [0.717, 1.165) is 11.3 Å². The first kappa shape index (κ1) is 7.98. The molecular formula is C10H10N2O. The van der Waals surface area contributed by atoms with E-state index in [4.69, 9.17) is 5.73 Å². The lowest BCUT2D eigenvalue weighted by atomic mass is 9.98. The first-order chi connectivity index (χ1) is 6.27. The van der Waals surface area contributed by atoms with Crippen molar-refractivity contribution in [3.63, 3.8) is 0 Å². The zero-order valence-electron chi connectivity index (χ0n) is 7.10. The van der Waals surface area contributed by atoms with E-state index in [-0.39, 0.29) is 11.8 Å². The Morgan fingerprint density at radius 2 is 2.23 bits per heavy atom. The van der Waals surface area contributed by atoms with Crippen molar-refractivity contribution < 1.29 is 4.79 Å². The summed E-state index contributed by atoms with van der Waals surface area (Å²) >= 11 is 0. The van der Waals surface area contributed by atoms with Crippen LogP contribution in [0, 0.1) is 0 Å². The summed E-state index contributed by atoms with van der Waals surface area (Å²) in [5.41, 5.74) is 7.18. The molecule has 66 valence electrons. The van der Waals surface area contributed by atoms with Gasteiger partial charge >= 0.3 is 0 Å². The molecule has 0 fully saturated rings. The van der Waals surface area contributed by atoms with Crippen molar-refractivity contribution in [1.29, 1.82) is 0 Å². The van der Waals surface area contributed by atoms with E-state index in [1.807, 2.05) is 24.3 Å². The summed E-state index contributed by atoms with van der Waals surface area (Å²) in [4.78, 5) is 14.9. The highest BCUT2D eigenvalue weighted by Gasteiger charge is 2.19. The maximum atomic E-state index is 10.7. The minimum atomic E-state index is -0.284. The average molecular weight is 174 g/mol. The van der Waals surface area contributed by atoms with E-state index in [9.17, 15) is 4.79 Å². The third-order valence-corrected chi connectivity index (χ3v) is 2.15. The zero-order chi connectivity index (χ0) is 9.26. The normalized spacial score (nSPS) is 18.6. The molecule has 1 aromatic carbocycles. The van der Waals surface area contributed by atoms with Crippen molar-refractivity contribution in [3.8, 4) is 0 Å². The number of benzene rings is 1. The summed E-state index contributed by atoms with van der Waals surface area (Å²) in [7, 11) is 0. The number of amides is 1. The number of hydrogen-bond acceptors (Lipinski definition) is 2. The Bertz CT molecular complexity index is 371. The lowest BCUT2D eigenvalue weighted by Crippen LogP contribution is -2.14. The van der Waals surface area contributed by atoms with Crippen molar-refractivity contribution >= 4 is 17.8 Å². The van der Waals surface area contributed by atoms with Gasteiger partial charge in [0.2, 0.25) is 5.91 Å². The molecule has 1 aromatic rings. The van der Waals surface area contributed by atoms with Crippen molar-refractivity contribution in [3.05, 3.63) is 29.8 Å². The first-order valence-corrected chi connectivity index (χ1v) is 4.19. The molecule has 2 N–H and O–H groups in total. The molecule has 3 nitrogen and oxygen atoms in total. The number of rotatable bonds is 2. The molecule has 1 aliphatic rings. The Morgan fingerprint density at radius 1 is 1.46 bits per heavy atom. The highest BCUT2D eigenvalue weighted by Crippen LogP contribution is 2.33. The second kappa shape index (κ2) is 3.01. The van der Waals surface area contributed by atoms with Gasteiger partial charge in [-0.05, 0) is 11.6 Å². The maximum absolute atomic E-state index is 10.7. The summed E-state index contributed by atoms with van der Waals surface area (Å²) in [5.74, 6) is -0.207. The first-order valence-electron chi connectivity index (χ1n) is 4.19. The van der Waals surface area contributed by atoms with Crippen LogP contribution in [-0.2, 0) is 4.79 Å². The van der Waals surface area contributed by atoms with Crippen LogP contribution >= 0.6 is 0 Å². The average Bonchev–Trinajstić information content (AvgIpc) is 2.48. The number of nitrogens with two attached hydrogens (primary N) is 1. The lowest BCUT2D eigenvalue weighted by Gasteiger charge is -2.05. The lowest BCUT2D eigenvalue weighted by molar-refractivity contribution is -0.118. The SMILES string of the molecule is NC(=O)CC1C=Nc2ccccc21. The van der Waals surface area contributed by atoms with Crippen LogP contribution in [0.15, 0.2) is 29.3 Å². The fourth-order valence-corrected chi connectivity index (χ4v) is 1.55. The maximum Gasteiger partial charge on any atom is 0.218 e. The Balaban J connectivity index is 2.28. The number of aliphatic imine (C=N–C) groups is 1. The fraction of sp³-hybridized carbons (Fsp3) is 0.200. The van der Waals surface area contributed by atoms with Gasteiger partial charge in [0, 0.05) is 18.6 Å². The second-order valence-electron chi connectivity index (χ2n) is 3.11. The van der Waals surface area contributed by atoms with Gasteiger partial charge < -0.3 is 5.73 Å². The van der Waals surface area contributed by atoms with Crippen LogP contribution in [0.25, 0.3) is 0 Å². The molecule has 0 aliphatic carbocycles. The van der Waals surface area contributed by atoms with Crippen molar-refractivity contribution in [1.82, 2.24) is 0 Å². The van der Waals surface area contributed by atoms with E-state index in [0.29, 0.717) is 6.42 Å². The molecule has 0 saturated heterocycles. The number of para-hydroxylation sites is 1. The molecule has 1 aliphatic heterocycles. The second-order valence-corrected chi connectivity index (χ2v) is 3.11. The van der Waals surface area contributed by atoms with Crippen molar-refractivity contribution in [2.75, 3.05) is 0 Å². The molecule has 2 rings (SSSR count). The molecule has 1 atom stereocenters. The van der Waals surface area contributed by atoms with Gasteiger partial charge in [0.05, 0.1) is 5.69 Å². The van der Waals surface area contributed by atoms with Crippen LogP contribution in [0.1, 0.15) is 17.9 Å². The minimum absolute atomic E-state index is 0.0775. The van der Waals surface area contributed by atoms with Crippen LogP contribution in [0.2, 0.25) is 0 Å². The fourth-order valence-electron chi connectivity index (χ4n) is 1.55. The van der Waals surface area contributed by atoms with Crippen molar-refractivity contribution in [2.45, 2.75) is 12.3 Å². The number of carbonyl (C=O) groups is 1. The van der Waals surface area contributed by atoms with E-state index in [2.05, 4.69) is 4.99 Å². The monoisotopic (exact) mass is 174 g/mol. The quantitative estimate of drug-likeness (QED) is 0.723. The minimum Gasteiger partial charge on any atom is -0.370 e. The van der Waals surface area contributed by atoms with Gasteiger partial charge in [-0.15, -0.1) is 0 Å². The molecule has 3 heteroatoms. The van der Waals surface area contributed by atoms with E-state index < -0.39 is 0 Å². The molecule has 0 spiro atoms. The van der Waals surface area contributed by atoms with E-state index in [1.54, 1.807) is 6.21 Å². The summed E-state index contributed by atoms with van der Waals surface area (Å²) < 4.78 is 0. The highest BCUT2D eigenvalue weighted by molar-refractivity contribution is 5.86. The smallest absolute Gasteiger partial charge is 0.218 e. The van der Waals surface area contributed by atoms with Crippen LogP contribution in [0.5, 0.6) is 0 Å². The topological polar surface area (TPSA) is 55.5 Å². The predicted molar refractivity (Wildman–Crippen MR) is 51.1 cm³/mol. The number of carbonyl (C=O) groups excluding carboxylic acids is 1. The summed E-state index contributed by atoms with van der Waals surface area (Å²) in [6, 6.07) is 7.80. The molecule has 13 heavy (non-hydrogen) atoms. The number of fused-ring (bicyclic) bond motifs is 1. The number of hydrogen-bond donors (Lipinski definition) is 1. The summed E-state index contributed by atoms with van der Waals surface area (Å²) in [5, 5.41) is 0. The van der Waals surface area contributed by atoms with Crippen LogP contribution in [0.3, 0.4) is 0 Å². The molecule has 0 radical (unpaired) electrons. The number of primary amides is 1. The van der Waals surface area contributed by atoms with Crippen LogP contribution < -0.4 is 5.73 Å². The molecule has 0 bridgehead atoms. The van der Waals surface area contributed by atoms with Gasteiger partial charge in [0.15, 0.2) is 0 Å². The van der Waals surface area contributed by atoms with Gasteiger partial charge in [-0.1, -0.05) is 18.2 Å². The molecule has 0 saturated carbocycles. The number of nitrogens with zero attached hydrogens (tertiary/aromatic N) is 1. The molecular weight excluding hydrogens is 164 g/mol. The molecule has 0 aromatic heterocycles.